The first-order chi connectivity index (χ1) is 10.7. The van der Waals surface area contributed by atoms with Crippen molar-refractivity contribution in [2.24, 2.45) is 0 Å². The van der Waals surface area contributed by atoms with Crippen LogP contribution in [0.3, 0.4) is 0 Å². The van der Waals surface area contributed by atoms with E-state index in [1.165, 1.54) is 7.11 Å². The maximum absolute atomic E-state index is 11.5. The van der Waals surface area contributed by atoms with Gasteiger partial charge in [-0.2, -0.15) is 0 Å². The lowest BCUT2D eigenvalue weighted by molar-refractivity contribution is 0.0600. The third-order valence-electron chi connectivity index (χ3n) is 3.15. The van der Waals surface area contributed by atoms with Gasteiger partial charge < -0.3 is 19.0 Å². The summed E-state index contributed by atoms with van der Waals surface area (Å²) in [5.74, 6) is 0.438. The summed E-state index contributed by atoms with van der Waals surface area (Å²) in [7, 11) is 1.34. The first kappa shape index (κ1) is 13.9. The van der Waals surface area contributed by atoms with E-state index in [2.05, 4.69) is 9.72 Å². The van der Waals surface area contributed by atoms with Crippen LogP contribution in [0.15, 0.2) is 48.8 Å². The highest BCUT2D eigenvalue weighted by Crippen LogP contribution is 2.17. The average molecular weight is 298 g/mol. The molecule has 0 spiro atoms. The quantitative estimate of drug-likeness (QED) is 0.749. The zero-order valence-electron chi connectivity index (χ0n) is 11.9. The molecule has 6 heteroatoms. The fourth-order valence-corrected chi connectivity index (χ4v) is 2.05. The summed E-state index contributed by atoms with van der Waals surface area (Å²) in [4.78, 5) is 15.9. The van der Waals surface area contributed by atoms with E-state index in [1.807, 2.05) is 10.6 Å². The minimum absolute atomic E-state index is 0.190. The second-order valence-electron chi connectivity index (χ2n) is 4.69. The SMILES string of the molecule is COC(=O)c1ccn2cc(COc3ccc(O)cc3)nc2c1. The van der Waals surface area contributed by atoms with Crippen LogP contribution >= 0.6 is 0 Å². The molecule has 0 radical (unpaired) electrons. The molecule has 0 bridgehead atoms. The Bertz CT molecular complexity index is 809. The Morgan fingerprint density at radius 3 is 2.77 bits per heavy atom. The van der Waals surface area contributed by atoms with Crippen LogP contribution in [0.2, 0.25) is 0 Å². The predicted octanol–water partition coefficient (Wildman–Crippen LogP) is 2.41. The van der Waals surface area contributed by atoms with Gasteiger partial charge in [0.25, 0.3) is 0 Å². The van der Waals surface area contributed by atoms with Gasteiger partial charge in [0.15, 0.2) is 0 Å². The molecule has 3 rings (SSSR count). The van der Waals surface area contributed by atoms with Crippen LogP contribution in [0.25, 0.3) is 5.65 Å². The fraction of sp³-hybridized carbons (Fsp3) is 0.125. The van der Waals surface area contributed by atoms with Gasteiger partial charge in [0.1, 0.15) is 23.8 Å². The minimum atomic E-state index is -0.396. The molecule has 0 saturated carbocycles. The van der Waals surface area contributed by atoms with Gasteiger partial charge in [-0.15, -0.1) is 0 Å². The van der Waals surface area contributed by atoms with E-state index in [9.17, 15) is 9.90 Å². The molecule has 22 heavy (non-hydrogen) atoms. The third kappa shape index (κ3) is 2.85. The number of ether oxygens (including phenoxy) is 2. The van der Waals surface area contributed by atoms with Gasteiger partial charge in [0.2, 0.25) is 0 Å². The number of aromatic hydroxyl groups is 1. The minimum Gasteiger partial charge on any atom is -0.508 e. The number of pyridine rings is 1. The number of carbonyl (C=O) groups is 1. The topological polar surface area (TPSA) is 73.1 Å². The van der Waals surface area contributed by atoms with Crippen LogP contribution in [0, 0.1) is 0 Å². The molecule has 1 aromatic carbocycles. The van der Waals surface area contributed by atoms with Gasteiger partial charge in [-0.25, -0.2) is 9.78 Å². The first-order valence-corrected chi connectivity index (χ1v) is 6.63. The van der Waals surface area contributed by atoms with Crippen molar-refractivity contribution in [2.75, 3.05) is 7.11 Å². The lowest BCUT2D eigenvalue weighted by Crippen LogP contribution is -2.01. The van der Waals surface area contributed by atoms with Crippen molar-refractivity contribution in [3.05, 3.63) is 60.0 Å². The number of fused-ring (bicyclic) bond motifs is 1. The number of imidazole rings is 1. The van der Waals surface area contributed by atoms with E-state index in [0.29, 0.717) is 23.6 Å². The number of benzene rings is 1. The van der Waals surface area contributed by atoms with Gasteiger partial charge >= 0.3 is 5.97 Å². The van der Waals surface area contributed by atoms with Crippen LogP contribution in [0.5, 0.6) is 11.5 Å². The molecule has 0 aliphatic heterocycles. The number of hydrogen-bond acceptors (Lipinski definition) is 5. The summed E-state index contributed by atoms with van der Waals surface area (Å²) < 4.78 is 12.1. The molecule has 0 aliphatic rings. The molecule has 0 fully saturated rings. The molecule has 2 heterocycles. The average Bonchev–Trinajstić information content (AvgIpc) is 2.95. The van der Waals surface area contributed by atoms with E-state index in [0.717, 1.165) is 5.69 Å². The first-order valence-electron chi connectivity index (χ1n) is 6.63. The second kappa shape index (κ2) is 5.77. The Morgan fingerprint density at radius 1 is 1.27 bits per heavy atom. The number of carbonyl (C=O) groups excluding carboxylic acids is 1. The van der Waals surface area contributed by atoms with Gasteiger partial charge in [-0.1, -0.05) is 0 Å². The lowest BCUT2D eigenvalue weighted by atomic mass is 10.3. The Labute approximate surface area is 126 Å². The number of esters is 1. The maximum atomic E-state index is 11.5. The van der Waals surface area contributed by atoms with E-state index < -0.39 is 5.97 Å². The Balaban J connectivity index is 1.77. The molecule has 0 saturated heterocycles. The fourth-order valence-electron chi connectivity index (χ4n) is 2.05. The van der Waals surface area contributed by atoms with Gasteiger partial charge in [0.05, 0.1) is 18.4 Å². The van der Waals surface area contributed by atoms with E-state index in [4.69, 9.17) is 4.74 Å². The largest absolute Gasteiger partial charge is 0.508 e. The molecule has 0 unspecified atom stereocenters. The molecular weight excluding hydrogens is 284 g/mol. The maximum Gasteiger partial charge on any atom is 0.338 e. The molecule has 0 amide bonds. The smallest absolute Gasteiger partial charge is 0.338 e. The van der Waals surface area contributed by atoms with Crippen molar-refractivity contribution >= 4 is 11.6 Å². The van der Waals surface area contributed by atoms with Gasteiger partial charge in [-0.3, -0.25) is 0 Å². The standard InChI is InChI=1S/C16H14N2O4/c1-21-16(20)11-6-7-18-9-12(17-15(18)8-11)10-22-14-4-2-13(19)3-5-14/h2-9,19H,10H2,1H3. The number of phenols is 1. The molecule has 1 N–H and O–H groups in total. The molecule has 112 valence electrons. The van der Waals surface area contributed by atoms with Gasteiger partial charge in [0, 0.05) is 12.4 Å². The number of nitrogens with zero attached hydrogens (tertiary/aromatic N) is 2. The zero-order valence-corrected chi connectivity index (χ0v) is 11.9. The zero-order chi connectivity index (χ0) is 15.5. The Morgan fingerprint density at radius 2 is 2.05 bits per heavy atom. The second-order valence-corrected chi connectivity index (χ2v) is 4.69. The number of rotatable bonds is 4. The summed E-state index contributed by atoms with van der Waals surface area (Å²) in [5, 5.41) is 9.22. The number of hydrogen-bond donors (Lipinski definition) is 1. The van der Waals surface area contributed by atoms with E-state index >= 15 is 0 Å². The normalized spacial score (nSPS) is 10.6. The van der Waals surface area contributed by atoms with Crippen LogP contribution < -0.4 is 4.74 Å². The molecule has 0 aliphatic carbocycles. The van der Waals surface area contributed by atoms with Crippen molar-refractivity contribution in [1.82, 2.24) is 9.38 Å². The van der Waals surface area contributed by atoms with Crippen molar-refractivity contribution in [3.8, 4) is 11.5 Å². The summed E-state index contributed by atoms with van der Waals surface area (Å²) in [5.41, 5.74) is 1.83. The highest BCUT2D eigenvalue weighted by molar-refractivity contribution is 5.90. The van der Waals surface area contributed by atoms with Crippen LogP contribution in [0.1, 0.15) is 16.1 Å². The summed E-state index contributed by atoms with van der Waals surface area (Å²) in [6.07, 6.45) is 3.58. The molecule has 2 aromatic heterocycles. The van der Waals surface area contributed by atoms with E-state index in [-0.39, 0.29) is 5.75 Å². The highest BCUT2D eigenvalue weighted by atomic mass is 16.5. The molecular formula is C16H14N2O4. The van der Waals surface area contributed by atoms with Crippen molar-refractivity contribution in [2.45, 2.75) is 6.61 Å². The molecule has 0 atom stereocenters. The highest BCUT2D eigenvalue weighted by Gasteiger charge is 2.08. The van der Waals surface area contributed by atoms with E-state index in [1.54, 1.807) is 42.6 Å². The van der Waals surface area contributed by atoms with Crippen molar-refractivity contribution in [3.63, 3.8) is 0 Å². The van der Waals surface area contributed by atoms with Crippen LogP contribution in [0.4, 0.5) is 0 Å². The predicted molar refractivity (Wildman–Crippen MR) is 79.0 cm³/mol. The van der Waals surface area contributed by atoms with Crippen molar-refractivity contribution < 1.29 is 19.4 Å². The van der Waals surface area contributed by atoms with Crippen LogP contribution in [-0.4, -0.2) is 27.6 Å². The monoisotopic (exact) mass is 298 g/mol. The molecule has 6 nitrogen and oxygen atoms in total. The summed E-state index contributed by atoms with van der Waals surface area (Å²) in [6, 6.07) is 9.81. The number of phenolic OH excluding ortho intramolecular Hbond substituents is 1. The lowest BCUT2D eigenvalue weighted by Gasteiger charge is -2.03. The third-order valence-corrected chi connectivity index (χ3v) is 3.15. The Hall–Kier alpha value is -3.02. The van der Waals surface area contributed by atoms with Gasteiger partial charge in [-0.05, 0) is 36.4 Å². The molecule has 3 aromatic rings. The Kier molecular flexibility index (Phi) is 3.65. The number of methoxy groups -OCH3 is 1. The van der Waals surface area contributed by atoms with Crippen LogP contribution in [-0.2, 0) is 11.3 Å². The summed E-state index contributed by atoms with van der Waals surface area (Å²) in [6.45, 7) is 0.292. The van der Waals surface area contributed by atoms with Crippen molar-refractivity contribution in [1.29, 1.82) is 0 Å². The number of aromatic nitrogens is 2. The summed E-state index contributed by atoms with van der Waals surface area (Å²) >= 11 is 0.